The van der Waals surface area contributed by atoms with Gasteiger partial charge < -0.3 is 25.0 Å². The van der Waals surface area contributed by atoms with Gasteiger partial charge in [-0.15, -0.1) is 0 Å². The van der Waals surface area contributed by atoms with Crippen LogP contribution in [0.2, 0.25) is 0 Å². The molecule has 0 radical (unpaired) electrons. The number of urea groups is 1. The third kappa shape index (κ3) is 3.71. The van der Waals surface area contributed by atoms with Gasteiger partial charge in [0.2, 0.25) is 5.91 Å². The zero-order valence-electron chi connectivity index (χ0n) is 15.6. The zero-order valence-corrected chi connectivity index (χ0v) is 15.6. The van der Waals surface area contributed by atoms with E-state index < -0.39 is 0 Å². The number of methoxy groups -OCH3 is 2. The number of fused-ring (bicyclic) bond motifs is 1. The van der Waals surface area contributed by atoms with Gasteiger partial charge in [0.1, 0.15) is 0 Å². The smallest absolute Gasteiger partial charge is 0.317 e. The Labute approximate surface area is 154 Å². The van der Waals surface area contributed by atoms with Crippen molar-refractivity contribution in [2.24, 2.45) is 5.92 Å². The number of nitrogens with zero attached hydrogens (tertiary/aromatic N) is 1. The van der Waals surface area contributed by atoms with E-state index in [1.54, 1.807) is 19.1 Å². The SMILES string of the molecule is CCNC(=O)N1CCc2cc(OC)c(OC)cc2[C@H]1CNC(=O)C1CC1. The summed E-state index contributed by atoms with van der Waals surface area (Å²) < 4.78 is 10.8. The van der Waals surface area contributed by atoms with Crippen molar-refractivity contribution in [1.82, 2.24) is 15.5 Å². The Kier molecular flexibility index (Phi) is 5.54. The molecule has 2 aliphatic rings. The van der Waals surface area contributed by atoms with Crippen molar-refractivity contribution in [2.75, 3.05) is 33.9 Å². The summed E-state index contributed by atoms with van der Waals surface area (Å²) in [5.74, 6) is 1.52. The third-order valence-electron chi connectivity index (χ3n) is 5.01. The van der Waals surface area contributed by atoms with Crippen molar-refractivity contribution < 1.29 is 19.1 Å². The molecule has 0 bridgehead atoms. The molecule has 3 amide bonds. The molecule has 0 unspecified atom stereocenters. The van der Waals surface area contributed by atoms with E-state index in [1.807, 2.05) is 19.1 Å². The first-order valence-electron chi connectivity index (χ1n) is 9.16. The molecule has 3 rings (SSSR count). The Balaban J connectivity index is 1.89. The maximum absolute atomic E-state index is 12.5. The van der Waals surface area contributed by atoms with Gasteiger partial charge >= 0.3 is 6.03 Å². The predicted octanol–water partition coefficient (Wildman–Crippen LogP) is 1.86. The highest BCUT2D eigenvalue weighted by molar-refractivity contribution is 5.81. The lowest BCUT2D eigenvalue weighted by atomic mass is 9.91. The van der Waals surface area contributed by atoms with E-state index in [4.69, 9.17) is 9.47 Å². The van der Waals surface area contributed by atoms with Gasteiger partial charge in [-0.25, -0.2) is 4.79 Å². The van der Waals surface area contributed by atoms with Gasteiger partial charge in [0.05, 0.1) is 20.3 Å². The Bertz CT molecular complexity index is 688. The van der Waals surface area contributed by atoms with E-state index in [1.165, 1.54) is 0 Å². The summed E-state index contributed by atoms with van der Waals surface area (Å²) in [5, 5.41) is 5.88. The number of amides is 3. The van der Waals surface area contributed by atoms with E-state index in [0.717, 1.165) is 30.4 Å². The van der Waals surface area contributed by atoms with Gasteiger partial charge in [-0.3, -0.25) is 4.79 Å². The molecule has 1 aliphatic heterocycles. The largest absolute Gasteiger partial charge is 0.493 e. The Hall–Kier alpha value is -2.44. The molecule has 1 aromatic rings. The molecular formula is C19H27N3O4. The molecule has 0 saturated heterocycles. The number of ether oxygens (including phenoxy) is 2. The van der Waals surface area contributed by atoms with Crippen molar-refractivity contribution >= 4 is 11.9 Å². The van der Waals surface area contributed by atoms with Gasteiger partial charge in [-0.05, 0) is 49.4 Å². The lowest BCUT2D eigenvalue weighted by Gasteiger charge is -2.37. The van der Waals surface area contributed by atoms with E-state index >= 15 is 0 Å². The first-order valence-corrected chi connectivity index (χ1v) is 9.16. The lowest BCUT2D eigenvalue weighted by Crippen LogP contribution is -2.49. The van der Waals surface area contributed by atoms with E-state index in [2.05, 4.69) is 10.6 Å². The molecule has 1 atom stereocenters. The molecule has 1 aliphatic carbocycles. The highest BCUT2D eigenvalue weighted by atomic mass is 16.5. The van der Waals surface area contributed by atoms with Crippen LogP contribution in [0.25, 0.3) is 0 Å². The fourth-order valence-corrected chi connectivity index (χ4v) is 3.43. The highest BCUT2D eigenvalue weighted by Crippen LogP contribution is 2.38. The maximum Gasteiger partial charge on any atom is 0.317 e. The Morgan fingerprint density at radius 3 is 2.46 bits per heavy atom. The summed E-state index contributed by atoms with van der Waals surface area (Å²) >= 11 is 0. The van der Waals surface area contributed by atoms with Crippen LogP contribution < -0.4 is 20.1 Å². The molecule has 0 spiro atoms. The second kappa shape index (κ2) is 7.85. The van der Waals surface area contributed by atoms with Crippen molar-refractivity contribution in [3.8, 4) is 11.5 Å². The van der Waals surface area contributed by atoms with Gasteiger partial charge in [0, 0.05) is 25.6 Å². The number of carbonyl (C=O) groups excluding carboxylic acids is 2. The Morgan fingerprint density at radius 2 is 1.85 bits per heavy atom. The summed E-state index contributed by atoms with van der Waals surface area (Å²) in [7, 11) is 3.21. The molecule has 7 nitrogen and oxygen atoms in total. The van der Waals surface area contributed by atoms with Crippen LogP contribution in [0.5, 0.6) is 11.5 Å². The van der Waals surface area contributed by atoms with E-state index in [9.17, 15) is 9.59 Å². The van der Waals surface area contributed by atoms with E-state index in [0.29, 0.717) is 31.1 Å². The van der Waals surface area contributed by atoms with Crippen LogP contribution in [-0.4, -0.2) is 50.7 Å². The maximum atomic E-state index is 12.5. The zero-order chi connectivity index (χ0) is 18.7. The normalized spacial score (nSPS) is 18.7. The average molecular weight is 361 g/mol. The van der Waals surface area contributed by atoms with Crippen LogP contribution in [0.3, 0.4) is 0 Å². The average Bonchev–Trinajstić information content (AvgIpc) is 3.49. The molecule has 1 heterocycles. The minimum Gasteiger partial charge on any atom is -0.493 e. The van der Waals surface area contributed by atoms with Crippen LogP contribution >= 0.6 is 0 Å². The van der Waals surface area contributed by atoms with Crippen LogP contribution in [0.4, 0.5) is 4.79 Å². The van der Waals surface area contributed by atoms with Gasteiger partial charge in [0.15, 0.2) is 11.5 Å². The number of hydrogen-bond acceptors (Lipinski definition) is 4. The highest BCUT2D eigenvalue weighted by Gasteiger charge is 2.34. The summed E-state index contributed by atoms with van der Waals surface area (Å²) in [6.07, 6.45) is 2.65. The first-order chi connectivity index (χ1) is 12.6. The standard InChI is InChI=1S/C19H27N3O4/c1-4-20-19(24)22-8-7-13-9-16(25-2)17(26-3)10-14(13)15(22)11-21-18(23)12-5-6-12/h9-10,12,15H,4-8,11H2,1-3H3,(H,20,24)(H,21,23)/t15-/m1/s1. The van der Waals surface area contributed by atoms with Crippen LogP contribution in [0.15, 0.2) is 12.1 Å². The van der Waals surface area contributed by atoms with Gasteiger partial charge in [0.25, 0.3) is 0 Å². The van der Waals surface area contributed by atoms with Crippen molar-refractivity contribution in [3.63, 3.8) is 0 Å². The fourth-order valence-electron chi connectivity index (χ4n) is 3.43. The molecule has 1 aromatic carbocycles. The monoisotopic (exact) mass is 361 g/mol. The molecule has 1 fully saturated rings. The minimum atomic E-state index is -0.229. The van der Waals surface area contributed by atoms with Gasteiger partial charge in [-0.1, -0.05) is 0 Å². The summed E-state index contributed by atoms with van der Waals surface area (Å²) in [6.45, 7) is 3.45. The van der Waals surface area contributed by atoms with Crippen molar-refractivity contribution in [1.29, 1.82) is 0 Å². The molecule has 1 saturated carbocycles. The molecular weight excluding hydrogens is 334 g/mol. The number of hydrogen-bond donors (Lipinski definition) is 2. The van der Waals surface area contributed by atoms with Crippen molar-refractivity contribution in [2.45, 2.75) is 32.2 Å². The number of carbonyl (C=O) groups is 2. The summed E-state index contributed by atoms with van der Waals surface area (Å²) in [5.41, 5.74) is 2.12. The molecule has 142 valence electrons. The number of rotatable bonds is 6. The molecule has 2 N–H and O–H groups in total. The van der Waals surface area contributed by atoms with Crippen LogP contribution in [0, 0.1) is 5.92 Å². The van der Waals surface area contributed by atoms with Gasteiger partial charge in [-0.2, -0.15) is 0 Å². The minimum absolute atomic E-state index is 0.0773. The molecule has 7 heteroatoms. The fraction of sp³-hybridized carbons (Fsp3) is 0.579. The summed E-state index contributed by atoms with van der Waals surface area (Å²) in [4.78, 5) is 26.4. The first kappa shape index (κ1) is 18.4. The predicted molar refractivity (Wildman–Crippen MR) is 97.5 cm³/mol. The summed E-state index contributed by atoms with van der Waals surface area (Å²) in [6, 6.07) is 3.55. The van der Waals surface area contributed by atoms with Crippen LogP contribution in [0.1, 0.15) is 36.9 Å². The van der Waals surface area contributed by atoms with E-state index in [-0.39, 0.29) is 23.9 Å². The lowest BCUT2D eigenvalue weighted by molar-refractivity contribution is -0.122. The second-order valence-electron chi connectivity index (χ2n) is 6.72. The number of benzene rings is 1. The quantitative estimate of drug-likeness (QED) is 0.811. The molecule has 0 aromatic heterocycles. The van der Waals surface area contributed by atoms with Crippen molar-refractivity contribution in [3.05, 3.63) is 23.3 Å². The molecule has 26 heavy (non-hydrogen) atoms. The number of nitrogens with one attached hydrogen (secondary N) is 2. The third-order valence-corrected chi connectivity index (χ3v) is 5.01. The van der Waals surface area contributed by atoms with Crippen LogP contribution in [-0.2, 0) is 11.2 Å². The topological polar surface area (TPSA) is 79.9 Å². The second-order valence-corrected chi connectivity index (χ2v) is 6.72. The Morgan fingerprint density at radius 1 is 1.15 bits per heavy atom.